The lowest BCUT2D eigenvalue weighted by molar-refractivity contribution is 0.0955. The van der Waals surface area contributed by atoms with E-state index in [-0.39, 0.29) is 34.4 Å². The molecule has 0 bridgehead atoms. The van der Waals surface area contributed by atoms with E-state index in [4.69, 9.17) is 13.6 Å². The van der Waals surface area contributed by atoms with Gasteiger partial charge in [0, 0.05) is 49.3 Å². The smallest absolute Gasteiger partial charge is 0.255 e. The van der Waals surface area contributed by atoms with Crippen LogP contribution in [0.25, 0.3) is 56.0 Å². The van der Waals surface area contributed by atoms with E-state index in [0.717, 1.165) is 10.6 Å². The number of carbonyl (C=O) groups is 2. The summed E-state index contributed by atoms with van der Waals surface area (Å²) in [4.78, 5) is 30.1. The summed E-state index contributed by atoms with van der Waals surface area (Å²) >= 11 is 0. The number of methoxy groups -OCH3 is 1. The maximum atomic E-state index is 13.8. The Morgan fingerprint density at radius 1 is 0.851 bits per heavy atom. The minimum absolute atomic E-state index is 0.197. The second-order valence-corrected chi connectivity index (χ2v) is 12.7. The molecule has 6 rings (SSSR count). The number of aromatic nitrogens is 1. The lowest BCUT2D eigenvalue weighted by Crippen LogP contribution is -2.25. The van der Waals surface area contributed by atoms with Gasteiger partial charge in [0.2, 0.25) is 15.9 Å². The maximum Gasteiger partial charge on any atom is 0.255 e. The molecule has 2 N–H and O–H groups in total. The third-order valence-corrected chi connectivity index (χ3v) is 9.01. The number of halogens is 1. The van der Waals surface area contributed by atoms with E-state index in [0.29, 0.717) is 50.1 Å². The fourth-order valence-electron chi connectivity index (χ4n) is 5.33. The first-order chi connectivity index (χ1) is 22.4. The quantitative estimate of drug-likeness (QED) is 0.208. The zero-order chi connectivity index (χ0) is 33.6. The molecule has 0 aliphatic carbocycles. The Morgan fingerprint density at radius 2 is 1.55 bits per heavy atom. The zero-order valence-electron chi connectivity index (χ0n) is 26.0. The van der Waals surface area contributed by atoms with Crippen LogP contribution in [0.15, 0.2) is 81.6 Å². The van der Waals surface area contributed by atoms with Gasteiger partial charge in [-0.3, -0.25) is 13.9 Å². The summed E-state index contributed by atoms with van der Waals surface area (Å²) in [6.07, 6.45) is 1.08. The second kappa shape index (κ2) is 11.9. The molecule has 6 aromatic rings. The van der Waals surface area contributed by atoms with Crippen molar-refractivity contribution in [3.8, 4) is 39.7 Å². The highest BCUT2D eigenvalue weighted by molar-refractivity contribution is 7.92. The van der Waals surface area contributed by atoms with Gasteiger partial charge in [-0.2, -0.15) is 0 Å². The van der Waals surface area contributed by atoms with Gasteiger partial charge in [-0.15, -0.1) is 0 Å². The van der Waals surface area contributed by atoms with Gasteiger partial charge in [0.05, 0.1) is 30.2 Å². The summed E-state index contributed by atoms with van der Waals surface area (Å²) in [5, 5.41) is 5.62. The van der Waals surface area contributed by atoms with Crippen LogP contribution in [-0.2, 0) is 10.0 Å². The summed E-state index contributed by atoms with van der Waals surface area (Å²) in [6.45, 7) is 0. The lowest BCUT2D eigenvalue weighted by atomic mass is 9.97. The number of anilines is 1. The lowest BCUT2D eigenvalue weighted by Gasteiger charge is -2.21. The molecule has 0 saturated heterocycles. The Hall–Kier alpha value is -5.69. The number of nitrogens with one attached hydrogen (secondary N) is 2. The van der Waals surface area contributed by atoms with Crippen LogP contribution in [0.4, 0.5) is 10.1 Å². The number of hydrogen-bond acceptors (Lipinski definition) is 8. The number of hydrogen-bond donors (Lipinski definition) is 2. The molecule has 13 heteroatoms. The first kappa shape index (κ1) is 31.3. The Balaban J connectivity index is 1.60. The Labute approximate surface area is 269 Å². The largest absolute Gasteiger partial charge is 0.496 e. The van der Waals surface area contributed by atoms with Crippen molar-refractivity contribution in [2.24, 2.45) is 0 Å². The van der Waals surface area contributed by atoms with Crippen molar-refractivity contribution < 1.29 is 36.0 Å². The van der Waals surface area contributed by atoms with Crippen molar-refractivity contribution in [2.45, 2.75) is 0 Å². The monoisotopic (exact) mass is 656 g/mol. The van der Waals surface area contributed by atoms with E-state index in [9.17, 15) is 22.4 Å². The third kappa shape index (κ3) is 5.65. The van der Waals surface area contributed by atoms with Gasteiger partial charge in [-0.1, -0.05) is 6.07 Å². The molecule has 47 heavy (non-hydrogen) atoms. The molecule has 0 fully saturated rings. The number of sulfonamides is 1. The molecule has 0 radical (unpaired) electrons. The molecule has 2 aromatic heterocycles. The highest BCUT2D eigenvalue weighted by Gasteiger charge is 2.27. The number of ether oxygens (including phenoxy) is 1. The molecular weight excluding hydrogens is 627 g/mol. The van der Waals surface area contributed by atoms with Gasteiger partial charge in [0.15, 0.2) is 5.58 Å². The fraction of sp³-hybridized carbons (Fsp3) is 0.147. The number of amides is 2. The van der Waals surface area contributed by atoms with Crippen LogP contribution in [-0.4, -0.2) is 59.7 Å². The van der Waals surface area contributed by atoms with Crippen molar-refractivity contribution in [3.05, 3.63) is 89.7 Å². The van der Waals surface area contributed by atoms with Gasteiger partial charge in [0.25, 0.3) is 11.8 Å². The van der Waals surface area contributed by atoms with Crippen LogP contribution in [0.5, 0.6) is 5.75 Å². The van der Waals surface area contributed by atoms with E-state index in [1.807, 2.05) is 0 Å². The standard InChI is InChI=1S/C34H29FN4O7S/c1-36-32(40)20-9-13-28-25(15-20)38-34(46-28)24-14-19(8-12-27(24)44-4)22-16-23-29(17-26(22)39(3)47(5,42)43)45-31(30(23)33(41)37-2)18-6-10-21(35)11-7-18/h6-17H,1-5H3,(H,36,40)(H,37,41). The van der Waals surface area contributed by atoms with Crippen LogP contribution in [0.1, 0.15) is 20.7 Å². The molecule has 0 unspecified atom stereocenters. The Kier molecular flexibility index (Phi) is 7.93. The second-order valence-electron chi connectivity index (χ2n) is 10.7. The van der Waals surface area contributed by atoms with Gasteiger partial charge < -0.3 is 24.2 Å². The zero-order valence-corrected chi connectivity index (χ0v) is 26.8. The molecular formula is C34H29FN4O7S. The van der Waals surface area contributed by atoms with Crippen LogP contribution < -0.4 is 19.7 Å². The van der Waals surface area contributed by atoms with Crippen molar-refractivity contribution in [1.82, 2.24) is 15.6 Å². The van der Waals surface area contributed by atoms with Crippen LogP contribution in [0, 0.1) is 5.82 Å². The van der Waals surface area contributed by atoms with Crippen molar-refractivity contribution >= 4 is 49.6 Å². The first-order valence-electron chi connectivity index (χ1n) is 14.3. The Bertz CT molecular complexity index is 2310. The van der Waals surface area contributed by atoms with Gasteiger partial charge in [-0.05, 0) is 66.2 Å². The molecule has 0 spiro atoms. The number of rotatable bonds is 8. The highest BCUT2D eigenvalue weighted by atomic mass is 32.2. The predicted octanol–water partition coefficient (Wildman–Crippen LogP) is 5.84. The van der Waals surface area contributed by atoms with Crippen LogP contribution in [0.3, 0.4) is 0 Å². The normalized spacial score (nSPS) is 11.5. The molecule has 240 valence electrons. The molecule has 2 amide bonds. The van der Waals surface area contributed by atoms with Crippen molar-refractivity contribution in [3.63, 3.8) is 0 Å². The van der Waals surface area contributed by atoms with E-state index in [2.05, 4.69) is 15.6 Å². The molecule has 0 atom stereocenters. The van der Waals surface area contributed by atoms with Gasteiger partial charge >= 0.3 is 0 Å². The average Bonchev–Trinajstić information content (AvgIpc) is 3.67. The van der Waals surface area contributed by atoms with Crippen molar-refractivity contribution in [1.29, 1.82) is 0 Å². The maximum absolute atomic E-state index is 13.8. The first-order valence-corrected chi connectivity index (χ1v) is 16.1. The SMILES string of the molecule is CNC(=O)c1ccc2oc(-c3cc(-c4cc5c(C(=O)NC)c(-c6ccc(F)cc6)oc5cc4N(C)S(C)(=O)=O)ccc3OC)nc2c1. The highest BCUT2D eigenvalue weighted by Crippen LogP contribution is 2.43. The average molecular weight is 657 g/mol. The molecule has 4 aromatic carbocycles. The van der Waals surface area contributed by atoms with E-state index < -0.39 is 21.7 Å². The molecule has 11 nitrogen and oxygen atoms in total. The summed E-state index contributed by atoms with van der Waals surface area (Å²) in [6, 6.07) is 18.8. The van der Waals surface area contributed by atoms with Crippen LogP contribution in [0.2, 0.25) is 0 Å². The summed E-state index contributed by atoms with van der Waals surface area (Å²) in [5.41, 5.74) is 3.94. The van der Waals surface area contributed by atoms with Crippen molar-refractivity contribution in [2.75, 3.05) is 38.8 Å². The van der Waals surface area contributed by atoms with E-state index >= 15 is 0 Å². The Morgan fingerprint density at radius 3 is 2.21 bits per heavy atom. The number of furan rings is 1. The van der Waals surface area contributed by atoms with Crippen LogP contribution >= 0.6 is 0 Å². The number of fused-ring (bicyclic) bond motifs is 2. The van der Waals surface area contributed by atoms with Gasteiger partial charge in [0.1, 0.15) is 28.4 Å². The van der Waals surface area contributed by atoms with Gasteiger partial charge in [-0.25, -0.2) is 17.8 Å². The summed E-state index contributed by atoms with van der Waals surface area (Å²) < 4.78 is 58.4. The predicted molar refractivity (Wildman–Crippen MR) is 177 cm³/mol. The minimum Gasteiger partial charge on any atom is -0.496 e. The number of oxazole rings is 1. The third-order valence-electron chi connectivity index (χ3n) is 7.82. The number of benzene rings is 4. The number of carbonyl (C=O) groups excluding carboxylic acids is 2. The molecule has 0 aliphatic heterocycles. The van der Waals surface area contributed by atoms with E-state index in [1.165, 1.54) is 52.5 Å². The summed E-state index contributed by atoms with van der Waals surface area (Å²) in [7, 11) is 2.17. The fourth-order valence-corrected chi connectivity index (χ4v) is 5.84. The van der Waals surface area contributed by atoms with E-state index in [1.54, 1.807) is 48.5 Å². The molecule has 0 saturated carbocycles. The topological polar surface area (TPSA) is 144 Å². The molecule has 2 heterocycles. The minimum atomic E-state index is -3.76. The molecule has 0 aliphatic rings. The number of nitrogens with zero attached hydrogens (tertiary/aromatic N) is 2. The summed E-state index contributed by atoms with van der Waals surface area (Å²) in [5.74, 6) is -0.337.